The Hall–Kier alpha value is -1.79. The second-order valence-corrected chi connectivity index (χ2v) is 4.82. The molecule has 0 radical (unpaired) electrons. The minimum absolute atomic E-state index is 0.0386. The Bertz CT molecular complexity index is 440. The predicted molar refractivity (Wildman–Crippen MR) is 83.2 cm³/mol. The van der Waals surface area contributed by atoms with Gasteiger partial charge in [-0.3, -0.25) is 9.69 Å². The van der Waals surface area contributed by atoms with E-state index in [9.17, 15) is 9.90 Å². The van der Waals surface area contributed by atoms with E-state index < -0.39 is 6.10 Å². The topological polar surface area (TPSA) is 87.8 Å². The van der Waals surface area contributed by atoms with Crippen LogP contribution in [0.2, 0.25) is 0 Å². The van der Waals surface area contributed by atoms with Gasteiger partial charge in [-0.05, 0) is 25.6 Å². The van der Waals surface area contributed by atoms with Crippen molar-refractivity contribution in [3.63, 3.8) is 0 Å². The van der Waals surface area contributed by atoms with Crippen LogP contribution in [0.3, 0.4) is 0 Å². The van der Waals surface area contributed by atoms with Crippen molar-refractivity contribution in [1.82, 2.24) is 10.2 Å². The lowest BCUT2D eigenvalue weighted by atomic mass is 10.3. The minimum Gasteiger partial charge on any atom is -0.491 e. The first-order valence-corrected chi connectivity index (χ1v) is 7.20. The first-order valence-electron chi connectivity index (χ1n) is 7.20. The monoisotopic (exact) mass is 295 g/mol. The van der Waals surface area contributed by atoms with Crippen LogP contribution in [-0.2, 0) is 4.79 Å². The molecule has 6 nitrogen and oxygen atoms in total. The molecule has 1 amide bonds. The molecule has 0 aromatic heterocycles. The fourth-order valence-corrected chi connectivity index (χ4v) is 1.91. The average Bonchev–Trinajstić information content (AvgIpc) is 2.45. The number of nitrogens with two attached hydrogens (primary N) is 1. The summed E-state index contributed by atoms with van der Waals surface area (Å²) in [5, 5.41) is 12.7. The van der Waals surface area contributed by atoms with Crippen molar-refractivity contribution in [3.05, 3.63) is 24.3 Å². The predicted octanol–water partition coefficient (Wildman–Crippen LogP) is 0.467. The zero-order chi connectivity index (χ0) is 15.7. The third-order valence-corrected chi connectivity index (χ3v) is 2.96. The second-order valence-electron chi connectivity index (χ2n) is 4.82. The van der Waals surface area contributed by atoms with Crippen molar-refractivity contribution in [3.8, 4) is 5.75 Å². The van der Waals surface area contributed by atoms with Gasteiger partial charge in [0.15, 0.2) is 0 Å². The van der Waals surface area contributed by atoms with Gasteiger partial charge in [-0.2, -0.15) is 0 Å². The van der Waals surface area contributed by atoms with Crippen molar-refractivity contribution in [2.24, 2.45) is 0 Å². The molecule has 1 rings (SSSR count). The SMILES string of the molecule is CCNC(=O)CN(CC)CC(O)COc1cccc(N)c1. The maximum atomic E-state index is 11.5. The molecular weight excluding hydrogens is 270 g/mol. The Morgan fingerprint density at radius 3 is 2.86 bits per heavy atom. The summed E-state index contributed by atoms with van der Waals surface area (Å²) in [7, 11) is 0. The van der Waals surface area contributed by atoms with Crippen LogP contribution in [0.5, 0.6) is 5.75 Å². The van der Waals surface area contributed by atoms with Gasteiger partial charge in [0.05, 0.1) is 6.54 Å². The number of hydrogen-bond donors (Lipinski definition) is 3. The number of likely N-dealkylation sites (N-methyl/N-ethyl adjacent to an activating group) is 2. The Morgan fingerprint density at radius 1 is 1.48 bits per heavy atom. The van der Waals surface area contributed by atoms with E-state index in [0.29, 0.717) is 31.1 Å². The number of carbonyl (C=O) groups excluding carboxylic acids is 1. The summed E-state index contributed by atoms with van der Waals surface area (Å²) in [5.41, 5.74) is 6.27. The standard InChI is InChI=1S/C15H25N3O3/c1-3-17-15(20)10-18(4-2)9-13(19)11-21-14-7-5-6-12(16)8-14/h5-8,13,19H,3-4,9-11,16H2,1-2H3,(H,17,20). The van der Waals surface area contributed by atoms with E-state index in [-0.39, 0.29) is 19.1 Å². The molecule has 0 saturated heterocycles. The third-order valence-electron chi connectivity index (χ3n) is 2.96. The molecule has 1 aromatic carbocycles. The Balaban J connectivity index is 2.37. The molecule has 6 heteroatoms. The summed E-state index contributed by atoms with van der Waals surface area (Å²) in [5.74, 6) is 0.587. The van der Waals surface area contributed by atoms with Gasteiger partial charge in [0.25, 0.3) is 0 Å². The van der Waals surface area contributed by atoms with Crippen LogP contribution in [0.4, 0.5) is 5.69 Å². The second kappa shape index (κ2) is 9.20. The number of anilines is 1. The van der Waals surface area contributed by atoms with Crippen molar-refractivity contribution < 1.29 is 14.6 Å². The van der Waals surface area contributed by atoms with Crippen molar-refractivity contribution in [2.45, 2.75) is 20.0 Å². The maximum Gasteiger partial charge on any atom is 0.234 e. The van der Waals surface area contributed by atoms with E-state index in [1.54, 1.807) is 24.3 Å². The van der Waals surface area contributed by atoms with Gasteiger partial charge in [0, 0.05) is 24.8 Å². The van der Waals surface area contributed by atoms with Gasteiger partial charge in [-0.15, -0.1) is 0 Å². The zero-order valence-corrected chi connectivity index (χ0v) is 12.7. The van der Waals surface area contributed by atoms with E-state index >= 15 is 0 Å². The lowest BCUT2D eigenvalue weighted by Gasteiger charge is -2.23. The normalized spacial score (nSPS) is 12.2. The maximum absolute atomic E-state index is 11.5. The van der Waals surface area contributed by atoms with Crippen molar-refractivity contribution in [1.29, 1.82) is 0 Å². The lowest BCUT2D eigenvalue weighted by molar-refractivity contribution is -0.122. The molecule has 0 spiro atoms. The fourth-order valence-electron chi connectivity index (χ4n) is 1.91. The highest BCUT2D eigenvalue weighted by atomic mass is 16.5. The molecule has 1 atom stereocenters. The number of carbonyl (C=O) groups is 1. The van der Waals surface area contributed by atoms with Gasteiger partial charge in [-0.25, -0.2) is 0 Å². The number of nitrogen functional groups attached to an aromatic ring is 1. The highest BCUT2D eigenvalue weighted by molar-refractivity contribution is 5.77. The molecule has 0 heterocycles. The van der Waals surface area contributed by atoms with E-state index in [4.69, 9.17) is 10.5 Å². The molecule has 4 N–H and O–H groups in total. The Kier molecular flexibility index (Phi) is 7.56. The summed E-state index contributed by atoms with van der Waals surface area (Å²) in [6.07, 6.45) is -0.666. The minimum atomic E-state index is -0.666. The largest absolute Gasteiger partial charge is 0.491 e. The summed E-state index contributed by atoms with van der Waals surface area (Å²) < 4.78 is 5.49. The van der Waals surface area contributed by atoms with Crippen molar-refractivity contribution in [2.75, 3.05) is 38.5 Å². The van der Waals surface area contributed by atoms with Crippen LogP contribution >= 0.6 is 0 Å². The van der Waals surface area contributed by atoms with Gasteiger partial charge in [0.2, 0.25) is 5.91 Å². The number of rotatable bonds is 9. The number of aliphatic hydroxyl groups is 1. The van der Waals surface area contributed by atoms with Crippen LogP contribution in [0, 0.1) is 0 Å². The molecule has 0 aliphatic heterocycles. The molecule has 1 unspecified atom stereocenters. The first-order chi connectivity index (χ1) is 10.0. The average molecular weight is 295 g/mol. The van der Waals surface area contributed by atoms with Gasteiger partial charge < -0.3 is 20.9 Å². The van der Waals surface area contributed by atoms with Gasteiger partial charge >= 0.3 is 0 Å². The van der Waals surface area contributed by atoms with Crippen molar-refractivity contribution >= 4 is 11.6 Å². The van der Waals surface area contributed by atoms with Gasteiger partial charge in [-0.1, -0.05) is 13.0 Å². The third kappa shape index (κ3) is 6.97. The molecular formula is C15H25N3O3. The van der Waals surface area contributed by atoms with Gasteiger partial charge in [0.1, 0.15) is 18.5 Å². The zero-order valence-electron chi connectivity index (χ0n) is 12.7. The Labute approximate surface area is 125 Å². The van der Waals surface area contributed by atoms with Crippen LogP contribution < -0.4 is 15.8 Å². The number of ether oxygens (including phenoxy) is 1. The highest BCUT2D eigenvalue weighted by Gasteiger charge is 2.14. The molecule has 1 aromatic rings. The summed E-state index contributed by atoms with van der Waals surface area (Å²) in [6, 6.07) is 7.06. The summed E-state index contributed by atoms with van der Waals surface area (Å²) in [6.45, 7) is 5.95. The number of aliphatic hydroxyl groups excluding tert-OH is 1. The van der Waals surface area contributed by atoms with E-state index in [0.717, 1.165) is 0 Å². The van der Waals surface area contributed by atoms with E-state index in [1.807, 2.05) is 18.7 Å². The fraction of sp³-hybridized carbons (Fsp3) is 0.533. The van der Waals surface area contributed by atoms with Crippen LogP contribution in [0.25, 0.3) is 0 Å². The first kappa shape index (κ1) is 17.3. The number of nitrogens with one attached hydrogen (secondary N) is 1. The van der Waals surface area contributed by atoms with Crippen LogP contribution in [0.1, 0.15) is 13.8 Å². The summed E-state index contributed by atoms with van der Waals surface area (Å²) in [4.78, 5) is 13.4. The molecule has 0 fully saturated rings. The molecule has 21 heavy (non-hydrogen) atoms. The van der Waals surface area contributed by atoms with E-state index in [1.165, 1.54) is 0 Å². The number of nitrogens with zero attached hydrogens (tertiary/aromatic N) is 1. The molecule has 118 valence electrons. The number of amides is 1. The van der Waals surface area contributed by atoms with Crippen LogP contribution in [0.15, 0.2) is 24.3 Å². The molecule has 0 bridgehead atoms. The smallest absolute Gasteiger partial charge is 0.234 e. The number of benzene rings is 1. The molecule has 0 saturated carbocycles. The van der Waals surface area contributed by atoms with E-state index in [2.05, 4.69) is 5.32 Å². The molecule has 0 aliphatic carbocycles. The highest BCUT2D eigenvalue weighted by Crippen LogP contribution is 2.14. The molecule has 0 aliphatic rings. The lowest BCUT2D eigenvalue weighted by Crippen LogP contribution is -2.42. The number of hydrogen-bond acceptors (Lipinski definition) is 5. The summed E-state index contributed by atoms with van der Waals surface area (Å²) >= 11 is 0. The van der Waals surface area contributed by atoms with Crippen LogP contribution in [-0.4, -0.2) is 54.8 Å². The quantitative estimate of drug-likeness (QED) is 0.576. The Morgan fingerprint density at radius 2 is 2.24 bits per heavy atom.